The standard InChI is InChI=1S/C19H32FN5.HI/c1-4-24-9-11-25(12-10-24)18-6-5-16(13-17(18)20)14-23-19(21)22-8-7-15(2)3;/h5-6,13,15H,4,7-12,14H2,1-3H3,(H3,21,22,23);1H. The summed E-state index contributed by atoms with van der Waals surface area (Å²) in [5.74, 6) is 0.867. The lowest BCUT2D eigenvalue weighted by Gasteiger charge is -2.35. The van der Waals surface area contributed by atoms with Crippen molar-refractivity contribution in [3.8, 4) is 0 Å². The Labute approximate surface area is 174 Å². The maximum atomic E-state index is 14.5. The van der Waals surface area contributed by atoms with E-state index in [1.807, 2.05) is 12.1 Å². The smallest absolute Gasteiger partial charge is 0.188 e. The highest BCUT2D eigenvalue weighted by molar-refractivity contribution is 14.0. The summed E-state index contributed by atoms with van der Waals surface area (Å²) in [4.78, 5) is 8.79. The van der Waals surface area contributed by atoms with Crippen LogP contribution in [0.15, 0.2) is 23.2 Å². The SMILES string of the molecule is CCN1CCN(c2ccc(CN=C(N)NCCC(C)C)cc2F)CC1.I. The summed E-state index contributed by atoms with van der Waals surface area (Å²) in [6.45, 7) is 12.5. The second-order valence-electron chi connectivity index (χ2n) is 7.02. The van der Waals surface area contributed by atoms with Crippen molar-refractivity contribution < 1.29 is 4.39 Å². The maximum Gasteiger partial charge on any atom is 0.188 e. The quantitative estimate of drug-likeness (QED) is 0.360. The van der Waals surface area contributed by atoms with Gasteiger partial charge in [-0.2, -0.15) is 0 Å². The fraction of sp³-hybridized carbons (Fsp3) is 0.632. The molecule has 0 aliphatic carbocycles. The fourth-order valence-corrected chi connectivity index (χ4v) is 2.93. The molecule has 1 aliphatic heterocycles. The lowest BCUT2D eigenvalue weighted by Crippen LogP contribution is -2.46. The molecule has 0 unspecified atom stereocenters. The molecule has 1 aromatic rings. The minimum Gasteiger partial charge on any atom is -0.370 e. The third kappa shape index (κ3) is 7.26. The van der Waals surface area contributed by atoms with E-state index < -0.39 is 0 Å². The molecule has 0 atom stereocenters. The Kier molecular flexibility index (Phi) is 10.2. The summed E-state index contributed by atoms with van der Waals surface area (Å²) in [5.41, 5.74) is 7.37. The van der Waals surface area contributed by atoms with Crippen molar-refractivity contribution in [1.29, 1.82) is 0 Å². The van der Waals surface area contributed by atoms with Crippen LogP contribution < -0.4 is 16.0 Å². The van der Waals surface area contributed by atoms with Gasteiger partial charge in [0.05, 0.1) is 12.2 Å². The monoisotopic (exact) mass is 477 g/mol. The zero-order chi connectivity index (χ0) is 18.2. The summed E-state index contributed by atoms with van der Waals surface area (Å²) < 4.78 is 14.5. The van der Waals surface area contributed by atoms with Gasteiger partial charge in [-0.1, -0.05) is 26.8 Å². The average molecular weight is 477 g/mol. The third-order valence-corrected chi connectivity index (χ3v) is 4.63. The predicted molar refractivity (Wildman–Crippen MR) is 119 cm³/mol. The van der Waals surface area contributed by atoms with Gasteiger partial charge in [0.25, 0.3) is 0 Å². The number of nitrogens with one attached hydrogen (secondary N) is 1. The van der Waals surface area contributed by atoms with Gasteiger partial charge in [0.2, 0.25) is 0 Å². The number of piperazine rings is 1. The van der Waals surface area contributed by atoms with Gasteiger partial charge < -0.3 is 20.9 Å². The van der Waals surface area contributed by atoms with Crippen LogP contribution in [-0.2, 0) is 6.54 Å². The number of anilines is 1. The van der Waals surface area contributed by atoms with Crippen LogP contribution in [0.3, 0.4) is 0 Å². The molecule has 3 N–H and O–H groups in total. The molecular formula is C19H33FIN5. The van der Waals surface area contributed by atoms with Crippen molar-refractivity contribution in [2.24, 2.45) is 16.6 Å². The van der Waals surface area contributed by atoms with Crippen molar-refractivity contribution in [3.05, 3.63) is 29.6 Å². The third-order valence-electron chi connectivity index (χ3n) is 4.63. The van der Waals surface area contributed by atoms with Crippen LogP contribution in [0.1, 0.15) is 32.8 Å². The molecule has 2 rings (SSSR count). The number of benzene rings is 1. The molecule has 0 spiro atoms. The van der Waals surface area contributed by atoms with E-state index in [2.05, 4.69) is 40.9 Å². The number of aliphatic imine (C=N–C) groups is 1. The molecule has 0 bridgehead atoms. The zero-order valence-corrected chi connectivity index (χ0v) is 18.5. The summed E-state index contributed by atoms with van der Waals surface area (Å²) >= 11 is 0. The van der Waals surface area contributed by atoms with E-state index in [4.69, 9.17) is 5.73 Å². The van der Waals surface area contributed by atoms with Gasteiger partial charge in [0.15, 0.2) is 5.96 Å². The van der Waals surface area contributed by atoms with Crippen LogP contribution in [0.2, 0.25) is 0 Å². The van der Waals surface area contributed by atoms with Crippen molar-refractivity contribution >= 4 is 35.6 Å². The Bertz CT molecular complexity index is 571. The first-order chi connectivity index (χ1) is 12.0. The number of hydrogen-bond acceptors (Lipinski definition) is 3. The molecule has 0 amide bonds. The number of hydrogen-bond donors (Lipinski definition) is 2. The lowest BCUT2D eigenvalue weighted by molar-refractivity contribution is 0.270. The van der Waals surface area contributed by atoms with E-state index in [0.717, 1.165) is 51.3 Å². The molecule has 1 heterocycles. The second kappa shape index (κ2) is 11.6. The minimum absolute atomic E-state index is 0. The number of nitrogens with two attached hydrogens (primary N) is 1. The maximum absolute atomic E-state index is 14.5. The Morgan fingerprint density at radius 1 is 1.27 bits per heavy atom. The first-order valence-corrected chi connectivity index (χ1v) is 9.29. The highest BCUT2D eigenvalue weighted by atomic mass is 127. The van der Waals surface area contributed by atoms with Gasteiger partial charge >= 0.3 is 0 Å². The normalized spacial score (nSPS) is 15.9. The van der Waals surface area contributed by atoms with E-state index in [-0.39, 0.29) is 29.8 Å². The van der Waals surface area contributed by atoms with Crippen LogP contribution >= 0.6 is 24.0 Å². The lowest BCUT2D eigenvalue weighted by atomic mass is 10.1. The van der Waals surface area contributed by atoms with E-state index in [1.54, 1.807) is 6.07 Å². The number of likely N-dealkylation sites (N-methyl/N-ethyl adjacent to an activating group) is 1. The van der Waals surface area contributed by atoms with Crippen molar-refractivity contribution in [2.45, 2.75) is 33.7 Å². The minimum atomic E-state index is -0.177. The molecule has 7 heteroatoms. The van der Waals surface area contributed by atoms with Crippen molar-refractivity contribution in [2.75, 3.05) is 44.2 Å². The van der Waals surface area contributed by atoms with Gasteiger partial charge in [-0.15, -0.1) is 24.0 Å². The highest BCUT2D eigenvalue weighted by Gasteiger charge is 2.18. The van der Waals surface area contributed by atoms with Crippen LogP contribution in [0.4, 0.5) is 10.1 Å². The number of nitrogens with zero attached hydrogens (tertiary/aromatic N) is 3. The largest absolute Gasteiger partial charge is 0.370 e. The van der Waals surface area contributed by atoms with E-state index in [1.165, 1.54) is 0 Å². The predicted octanol–water partition coefficient (Wildman–Crippen LogP) is 3.04. The zero-order valence-electron chi connectivity index (χ0n) is 16.2. The molecule has 1 aliphatic rings. The second-order valence-corrected chi connectivity index (χ2v) is 7.02. The van der Waals surface area contributed by atoms with Gasteiger partial charge in [0, 0.05) is 32.7 Å². The summed E-state index contributed by atoms with van der Waals surface area (Å²) in [6, 6.07) is 5.38. The molecular weight excluding hydrogens is 444 g/mol. The van der Waals surface area contributed by atoms with Crippen LogP contribution in [0, 0.1) is 11.7 Å². The van der Waals surface area contributed by atoms with E-state index >= 15 is 0 Å². The van der Waals surface area contributed by atoms with Crippen LogP contribution in [0.5, 0.6) is 0 Å². The first-order valence-electron chi connectivity index (χ1n) is 9.29. The van der Waals surface area contributed by atoms with E-state index in [9.17, 15) is 4.39 Å². The molecule has 148 valence electrons. The Balaban J connectivity index is 0.00000338. The summed E-state index contributed by atoms with van der Waals surface area (Å²) in [7, 11) is 0. The first kappa shape index (κ1) is 23.0. The van der Waals surface area contributed by atoms with Gasteiger partial charge in [0.1, 0.15) is 5.82 Å². The molecule has 1 aromatic carbocycles. The van der Waals surface area contributed by atoms with Crippen molar-refractivity contribution in [1.82, 2.24) is 10.2 Å². The molecule has 1 fully saturated rings. The fourth-order valence-electron chi connectivity index (χ4n) is 2.93. The molecule has 26 heavy (non-hydrogen) atoms. The average Bonchev–Trinajstić information content (AvgIpc) is 2.60. The van der Waals surface area contributed by atoms with Crippen LogP contribution in [0.25, 0.3) is 0 Å². The Morgan fingerprint density at radius 2 is 1.96 bits per heavy atom. The molecule has 0 aromatic heterocycles. The van der Waals surface area contributed by atoms with E-state index in [0.29, 0.717) is 24.1 Å². The van der Waals surface area contributed by atoms with Crippen LogP contribution in [-0.4, -0.2) is 50.1 Å². The van der Waals surface area contributed by atoms with Gasteiger partial charge in [-0.05, 0) is 36.6 Å². The molecule has 0 radical (unpaired) electrons. The Hall–Kier alpha value is -1.09. The summed E-state index contributed by atoms with van der Waals surface area (Å²) in [6.07, 6.45) is 1.05. The molecule has 5 nitrogen and oxygen atoms in total. The molecule has 0 saturated carbocycles. The summed E-state index contributed by atoms with van der Waals surface area (Å²) in [5, 5.41) is 3.09. The van der Waals surface area contributed by atoms with Crippen molar-refractivity contribution in [3.63, 3.8) is 0 Å². The van der Waals surface area contributed by atoms with Gasteiger partial charge in [-0.3, -0.25) is 0 Å². The number of guanidine groups is 1. The molecule has 1 saturated heterocycles. The Morgan fingerprint density at radius 3 is 2.54 bits per heavy atom. The highest BCUT2D eigenvalue weighted by Crippen LogP contribution is 2.22. The topological polar surface area (TPSA) is 56.9 Å². The number of halogens is 2. The van der Waals surface area contributed by atoms with Gasteiger partial charge in [-0.25, -0.2) is 9.38 Å². The number of rotatable bonds is 7.